The SMILES string of the molecule is Cc1cc(F)c(COc2cccc(-c3cc(F)c(Cc4nc5ccc(C(=O)O)cc5n4C[C@@H]4CCO4)cc3F)n2)cc1F. The van der Waals surface area contributed by atoms with Crippen molar-refractivity contribution in [2.45, 2.75) is 39.0 Å². The highest BCUT2D eigenvalue weighted by atomic mass is 19.1. The molecule has 2 aromatic heterocycles. The van der Waals surface area contributed by atoms with Crippen molar-refractivity contribution in [3.05, 3.63) is 112 Å². The quantitative estimate of drug-likeness (QED) is 0.194. The zero-order chi connectivity index (χ0) is 30.2. The topological polar surface area (TPSA) is 86.5 Å². The largest absolute Gasteiger partial charge is 0.478 e. The molecule has 0 spiro atoms. The minimum absolute atomic E-state index is 0.00837. The number of benzene rings is 3. The van der Waals surface area contributed by atoms with Gasteiger partial charge in [-0.2, -0.15) is 0 Å². The zero-order valence-electron chi connectivity index (χ0n) is 22.9. The van der Waals surface area contributed by atoms with Gasteiger partial charge in [-0.3, -0.25) is 0 Å². The summed E-state index contributed by atoms with van der Waals surface area (Å²) in [6.45, 7) is 2.16. The van der Waals surface area contributed by atoms with Gasteiger partial charge in [-0.25, -0.2) is 32.3 Å². The fraction of sp³-hybridized carbons (Fsp3) is 0.219. The van der Waals surface area contributed by atoms with Crippen LogP contribution in [-0.4, -0.2) is 38.3 Å². The molecule has 11 heteroatoms. The third kappa shape index (κ3) is 5.80. The Morgan fingerprint density at radius 1 is 0.977 bits per heavy atom. The maximum atomic E-state index is 15.4. The summed E-state index contributed by atoms with van der Waals surface area (Å²) in [6, 6.07) is 13.3. The van der Waals surface area contributed by atoms with Crippen LogP contribution in [0.15, 0.2) is 60.7 Å². The summed E-state index contributed by atoms with van der Waals surface area (Å²) in [7, 11) is 0. The molecule has 1 fully saturated rings. The summed E-state index contributed by atoms with van der Waals surface area (Å²) in [5.41, 5.74) is 1.38. The summed E-state index contributed by atoms with van der Waals surface area (Å²) >= 11 is 0. The number of pyridine rings is 1. The molecule has 1 aliphatic rings. The van der Waals surface area contributed by atoms with E-state index in [0.717, 1.165) is 30.7 Å². The van der Waals surface area contributed by atoms with E-state index in [2.05, 4.69) is 9.97 Å². The second-order valence-corrected chi connectivity index (χ2v) is 10.4. The number of carboxylic acid groups (broad SMARTS) is 1. The molecule has 6 rings (SSSR count). The number of imidazole rings is 1. The van der Waals surface area contributed by atoms with Gasteiger partial charge in [0.1, 0.15) is 35.7 Å². The van der Waals surface area contributed by atoms with Crippen molar-refractivity contribution in [1.29, 1.82) is 0 Å². The Labute approximate surface area is 243 Å². The van der Waals surface area contributed by atoms with Gasteiger partial charge in [0, 0.05) is 30.2 Å². The Morgan fingerprint density at radius 2 is 1.74 bits per heavy atom. The van der Waals surface area contributed by atoms with E-state index in [4.69, 9.17) is 9.47 Å². The number of ether oxygens (including phenoxy) is 2. The first-order chi connectivity index (χ1) is 20.7. The average Bonchev–Trinajstić information content (AvgIpc) is 3.29. The van der Waals surface area contributed by atoms with Gasteiger partial charge in [-0.1, -0.05) is 6.07 Å². The van der Waals surface area contributed by atoms with Crippen molar-refractivity contribution >= 4 is 17.0 Å². The molecule has 3 aromatic carbocycles. The van der Waals surface area contributed by atoms with E-state index in [1.807, 2.05) is 0 Å². The zero-order valence-corrected chi connectivity index (χ0v) is 22.9. The first-order valence-electron chi connectivity index (χ1n) is 13.5. The highest BCUT2D eigenvalue weighted by Gasteiger charge is 2.24. The molecule has 7 nitrogen and oxygen atoms in total. The minimum Gasteiger partial charge on any atom is -0.478 e. The van der Waals surface area contributed by atoms with Crippen molar-refractivity contribution < 1.29 is 36.9 Å². The van der Waals surface area contributed by atoms with Crippen LogP contribution in [0.5, 0.6) is 5.88 Å². The first-order valence-corrected chi connectivity index (χ1v) is 13.5. The molecule has 0 saturated carbocycles. The van der Waals surface area contributed by atoms with Crippen molar-refractivity contribution in [3.8, 4) is 17.1 Å². The molecular formula is C32H25F4N3O4. The number of carboxylic acids is 1. The van der Waals surface area contributed by atoms with Crippen LogP contribution in [0.1, 0.15) is 39.3 Å². The molecule has 43 heavy (non-hydrogen) atoms. The first kappa shape index (κ1) is 28.4. The Bertz CT molecular complexity index is 1870. The molecule has 3 heterocycles. The number of aromatic carboxylic acids is 1. The second-order valence-electron chi connectivity index (χ2n) is 10.4. The molecule has 0 amide bonds. The van der Waals surface area contributed by atoms with Gasteiger partial charge in [-0.15, -0.1) is 0 Å². The molecule has 1 saturated heterocycles. The number of carbonyl (C=O) groups is 1. The number of nitrogens with zero attached hydrogens (tertiary/aromatic N) is 3. The third-order valence-corrected chi connectivity index (χ3v) is 7.44. The maximum absolute atomic E-state index is 15.4. The summed E-state index contributed by atoms with van der Waals surface area (Å²) in [5, 5.41) is 9.45. The Hall–Kier alpha value is -4.77. The smallest absolute Gasteiger partial charge is 0.335 e. The molecule has 0 radical (unpaired) electrons. The van der Waals surface area contributed by atoms with E-state index in [-0.39, 0.29) is 58.5 Å². The second kappa shape index (κ2) is 11.5. The van der Waals surface area contributed by atoms with Crippen molar-refractivity contribution in [2.75, 3.05) is 6.61 Å². The minimum atomic E-state index is -1.08. The van der Waals surface area contributed by atoms with Gasteiger partial charge >= 0.3 is 5.97 Å². The van der Waals surface area contributed by atoms with E-state index in [1.54, 1.807) is 10.6 Å². The number of halogens is 4. The van der Waals surface area contributed by atoms with Gasteiger partial charge < -0.3 is 19.1 Å². The molecule has 5 aromatic rings. The molecule has 1 aliphatic heterocycles. The number of aryl methyl sites for hydroxylation is 1. The number of hydrogen-bond donors (Lipinski definition) is 1. The van der Waals surface area contributed by atoms with Crippen molar-refractivity contribution in [1.82, 2.24) is 14.5 Å². The Kier molecular flexibility index (Phi) is 7.57. The lowest BCUT2D eigenvalue weighted by Crippen LogP contribution is -2.31. The highest BCUT2D eigenvalue weighted by molar-refractivity contribution is 5.92. The van der Waals surface area contributed by atoms with Crippen molar-refractivity contribution in [2.24, 2.45) is 0 Å². The van der Waals surface area contributed by atoms with Gasteiger partial charge in [-0.05, 0) is 73.0 Å². The lowest BCUT2D eigenvalue weighted by atomic mass is 10.0. The predicted molar refractivity (Wildman–Crippen MR) is 149 cm³/mol. The van der Waals surface area contributed by atoms with Gasteiger partial charge in [0.15, 0.2) is 0 Å². The van der Waals surface area contributed by atoms with Crippen LogP contribution in [0.25, 0.3) is 22.3 Å². The van der Waals surface area contributed by atoms with Crippen LogP contribution in [0.2, 0.25) is 0 Å². The molecule has 0 bridgehead atoms. The lowest BCUT2D eigenvalue weighted by molar-refractivity contribution is -0.0589. The Morgan fingerprint density at radius 3 is 2.49 bits per heavy atom. The van der Waals surface area contributed by atoms with Crippen LogP contribution in [-0.2, 0) is 24.3 Å². The molecule has 220 valence electrons. The number of aromatic nitrogens is 3. The van der Waals surface area contributed by atoms with E-state index in [9.17, 15) is 18.7 Å². The molecular weight excluding hydrogens is 566 g/mol. The normalized spacial score (nSPS) is 14.6. The monoisotopic (exact) mass is 591 g/mol. The third-order valence-electron chi connectivity index (χ3n) is 7.44. The van der Waals surface area contributed by atoms with Crippen LogP contribution in [0.4, 0.5) is 17.6 Å². The summed E-state index contributed by atoms with van der Waals surface area (Å²) < 4.78 is 71.8. The van der Waals surface area contributed by atoms with Gasteiger partial charge in [0.05, 0.1) is 34.9 Å². The molecule has 0 unspecified atom stereocenters. The van der Waals surface area contributed by atoms with E-state index in [0.29, 0.717) is 30.0 Å². The summed E-state index contributed by atoms with van der Waals surface area (Å²) in [4.78, 5) is 20.4. The number of fused-ring (bicyclic) bond motifs is 1. The Balaban J connectivity index is 1.27. The molecule has 1 atom stereocenters. The van der Waals surface area contributed by atoms with Crippen LogP contribution >= 0.6 is 0 Å². The average molecular weight is 592 g/mol. The fourth-order valence-corrected chi connectivity index (χ4v) is 4.96. The maximum Gasteiger partial charge on any atom is 0.335 e. The van der Waals surface area contributed by atoms with Crippen LogP contribution in [0.3, 0.4) is 0 Å². The van der Waals surface area contributed by atoms with Gasteiger partial charge in [0.25, 0.3) is 0 Å². The van der Waals surface area contributed by atoms with Crippen LogP contribution < -0.4 is 4.74 Å². The predicted octanol–water partition coefficient (Wildman–Crippen LogP) is 6.62. The van der Waals surface area contributed by atoms with Crippen molar-refractivity contribution in [3.63, 3.8) is 0 Å². The summed E-state index contributed by atoms with van der Waals surface area (Å²) in [5.74, 6) is -3.25. The van der Waals surface area contributed by atoms with E-state index < -0.39 is 29.2 Å². The van der Waals surface area contributed by atoms with Gasteiger partial charge in [0.2, 0.25) is 5.88 Å². The fourth-order valence-electron chi connectivity index (χ4n) is 4.96. The molecule has 1 N–H and O–H groups in total. The van der Waals surface area contributed by atoms with E-state index in [1.165, 1.54) is 37.3 Å². The highest BCUT2D eigenvalue weighted by Crippen LogP contribution is 2.29. The summed E-state index contributed by atoms with van der Waals surface area (Å²) in [6.07, 6.45) is 0.681. The lowest BCUT2D eigenvalue weighted by Gasteiger charge is -2.27. The van der Waals surface area contributed by atoms with Crippen LogP contribution in [0, 0.1) is 30.2 Å². The number of rotatable bonds is 9. The standard InChI is InChI=1S/C32H25F4N3O4/c1-17-9-24(34)20(11-23(17)33)16-43-31-4-2-3-27(38-31)22-14-25(35)19(10-26(22)36)13-30-37-28-6-5-18(32(40)41)12-29(28)39(30)15-21-7-8-42-21/h2-6,9-12,14,21H,7-8,13,15-16H2,1H3,(H,40,41)/t21-/m0/s1. The number of hydrogen-bond acceptors (Lipinski definition) is 5. The molecule has 0 aliphatic carbocycles. The van der Waals surface area contributed by atoms with E-state index >= 15 is 8.78 Å².